The molecule has 1 saturated heterocycles. The number of anilines is 1. The molecule has 7 nitrogen and oxygen atoms in total. The number of halogens is 7. The largest absolute Gasteiger partial charge is 0.431 e. The summed E-state index contributed by atoms with van der Waals surface area (Å²) < 4.78 is 105. The van der Waals surface area contributed by atoms with Crippen molar-refractivity contribution in [3.8, 4) is 5.75 Å². The van der Waals surface area contributed by atoms with E-state index in [9.17, 15) is 40.3 Å². The number of carbonyl (C=O) groups excluding carboxylic acids is 2. The maximum atomic E-state index is 14.4. The number of aromatic nitrogens is 1. The highest BCUT2D eigenvalue weighted by Crippen LogP contribution is 2.55. The molecule has 4 atom stereocenters. The number of hydrogen-bond donors (Lipinski definition) is 2. The van der Waals surface area contributed by atoms with Gasteiger partial charge in [0.05, 0.1) is 0 Å². The Morgan fingerprint density at radius 3 is 2.44 bits per heavy atom. The minimum atomic E-state index is -5.05. The highest BCUT2D eigenvalue weighted by molar-refractivity contribution is 5.98. The SMILES string of the molecule is Cc1cnc(C(N)=O)cc1NC(=O)[C@H]1O[C@](C)(C(F)(F)F)[C@@H](C)[C@@H]1c1ccc(F)c(F)c1OC(F)F. The topological polar surface area (TPSA) is 104 Å². The number of hydrogen-bond acceptors (Lipinski definition) is 5. The first kappa shape index (κ1) is 27.2. The van der Waals surface area contributed by atoms with Gasteiger partial charge in [-0.15, -0.1) is 0 Å². The Kier molecular flexibility index (Phi) is 7.22. The monoisotopic (exact) mass is 523 g/mol. The van der Waals surface area contributed by atoms with E-state index in [2.05, 4.69) is 15.0 Å². The summed E-state index contributed by atoms with van der Waals surface area (Å²) in [6.07, 6.45) is -5.90. The van der Waals surface area contributed by atoms with Crippen LogP contribution in [0.2, 0.25) is 0 Å². The fourth-order valence-electron chi connectivity index (χ4n) is 4.04. The molecule has 1 fully saturated rings. The lowest BCUT2D eigenvalue weighted by atomic mass is 9.77. The van der Waals surface area contributed by atoms with E-state index in [0.717, 1.165) is 19.1 Å². The standard InChI is InChI=1S/C22H20F7N3O4/c1-8-7-31-13(18(30)33)6-12(8)32-19(34)17-14(9(2)21(3,36-17)22(27,28)29)10-4-5-11(23)15(24)16(10)35-20(25)26/h4-7,9,14,17,20H,1-3H3,(H2,30,33)(H,31,32,34)/t9-,14+,17-,21-/m0/s1. The Balaban J connectivity index is 2.13. The Morgan fingerprint density at radius 1 is 1.25 bits per heavy atom. The molecule has 36 heavy (non-hydrogen) atoms. The first-order valence-electron chi connectivity index (χ1n) is 10.3. The van der Waals surface area contributed by atoms with Crippen molar-refractivity contribution in [2.45, 2.75) is 51.2 Å². The summed E-state index contributed by atoms with van der Waals surface area (Å²) in [7, 11) is 0. The first-order chi connectivity index (χ1) is 16.6. The molecule has 0 aliphatic carbocycles. The molecule has 0 radical (unpaired) electrons. The summed E-state index contributed by atoms with van der Waals surface area (Å²) in [5.74, 6) is -10.3. The van der Waals surface area contributed by atoms with Gasteiger partial charge >= 0.3 is 12.8 Å². The summed E-state index contributed by atoms with van der Waals surface area (Å²) in [5.41, 5.74) is 1.53. The van der Waals surface area contributed by atoms with Crippen molar-refractivity contribution in [3.05, 3.63) is 52.9 Å². The number of nitrogens with zero attached hydrogens (tertiary/aromatic N) is 1. The fourth-order valence-corrected chi connectivity index (χ4v) is 4.04. The van der Waals surface area contributed by atoms with Gasteiger partial charge in [0.1, 0.15) is 11.8 Å². The summed E-state index contributed by atoms with van der Waals surface area (Å²) in [6.45, 7) is -0.506. The molecule has 2 heterocycles. The van der Waals surface area contributed by atoms with Crippen molar-refractivity contribution < 1.29 is 49.8 Å². The van der Waals surface area contributed by atoms with Crippen molar-refractivity contribution in [3.63, 3.8) is 0 Å². The summed E-state index contributed by atoms with van der Waals surface area (Å²) in [6, 6.07) is 2.35. The number of primary amides is 1. The predicted octanol–water partition coefficient (Wildman–Crippen LogP) is 4.45. The van der Waals surface area contributed by atoms with E-state index in [0.29, 0.717) is 18.6 Å². The van der Waals surface area contributed by atoms with E-state index in [4.69, 9.17) is 10.5 Å². The molecule has 1 aromatic heterocycles. The maximum absolute atomic E-state index is 14.4. The van der Waals surface area contributed by atoms with Gasteiger partial charge < -0.3 is 20.5 Å². The molecule has 196 valence electrons. The minimum Gasteiger partial charge on any atom is -0.431 e. The number of nitrogens with one attached hydrogen (secondary N) is 1. The molecule has 0 unspecified atom stereocenters. The maximum Gasteiger partial charge on any atom is 0.417 e. The Bertz CT molecular complexity index is 1190. The summed E-state index contributed by atoms with van der Waals surface area (Å²) in [4.78, 5) is 28.4. The van der Waals surface area contributed by atoms with Crippen LogP contribution in [0.5, 0.6) is 5.75 Å². The Morgan fingerprint density at radius 2 is 1.89 bits per heavy atom. The van der Waals surface area contributed by atoms with Gasteiger partial charge in [-0.2, -0.15) is 26.3 Å². The fraction of sp³-hybridized carbons (Fsp3) is 0.409. The van der Waals surface area contributed by atoms with Crippen molar-refractivity contribution in [1.82, 2.24) is 4.98 Å². The van der Waals surface area contributed by atoms with E-state index < -0.39 is 71.1 Å². The Hall–Kier alpha value is -3.42. The van der Waals surface area contributed by atoms with Crippen LogP contribution in [0, 0.1) is 24.5 Å². The number of benzene rings is 1. The molecular weight excluding hydrogens is 503 g/mol. The molecule has 1 aromatic carbocycles. The van der Waals surface area contributed by atoms with Crippen LogP contribution in [0.15, 0.2) is 24.4 Å². The van der Waals surface area contributed by atoms with E-state index >= 15 is 0 Å². The van der Waals surface area contributed by atoms with E-state index in [1.165, 1.54) is 13.1 Å². The van der Waals surface area contributed by atoms with E-state index in [1.54, 1.807) is 0 Å². The number of alkyl halides is 5. The van der Waals surface area contributed by atoms with Crippen LogP contribution in [-0.4, -0.2) is 41.3 Å². The number of aryl methyl sites for hydroxylation is 1. The lowest BCUT2D eigenvalue weighted by Gasteiger charge is -2.32. The van der Waals surface area contributed by atoms with Gasteiger partial charge in [-0.3, -0.25) is 14.6 Å². The summed E-state index contributed by atoms with van der Waals surface area (Å²) >= 11 is 0. The van der Waals surface area contributed by atoms with Crippen molar-refractivity contribution >= 4 is 17.5 Å². The normalized spacial score (nSPS) is 24.1. The second-order valence-corrected chi connectivity index (χ2v) is 8.35. The third-order valence-electron chi connectivity index (χ3n) is 6.19. The molecule has 0 bridgehead atoms. The zero-order chi connectivity index (χ0) is 27.2. The molecule has 2 aromatic rings. The number of nitrogens with two attached hydrogens (primary N) is 1. The molecule has 0 saturated carbocycles. The average molecular weight is 523 g/mol. The Labute approximate surface area is 199 Å². The zero-order valence-corrected chi connectivity index (χ0v) is 18.9. The number of pyridine rings is 1. The van der Waals surface area contributed by atoms with Gasteiger partial charge in [0.25, 0.3) is 11.8 Å². The van der Waals surface area contributed by atoms with Crippen LogP contribution < -0.4 is 15.8 Å². The van der Waals surface area contributed by atoms with Crippen molar-refractivity contribution in [2.24, 2.45) is 11.7 Å². The van der Waals surface area contributed by atoms with Crippen molar-refractivity contribution in [1.29, 1.82) is 0 Å². The molecule has 3 rings (SSSR count). The van der Waals surface area contributed by atoms with E-state index in [-0.39, 0.29) is 11.4 Å². The average Bonchev–Trinajstić information content (AvgIpc) is 3.05. The first-order valence-corrected chi connectivity index (χ1v) is 10.3. The third-order valence-corrected chi connectivity index (χ3v) is 6.19. The van der Waals surface area contributed by atoms with Gasteiger partial charge in [0.15, 0.2) is 17.2 Å². The molecule has 14 heteroatoms. The van der Waals surface area contributed by atoms with Crippen LogP contribution in [-0.2, 0) is 9.53 Å². The second-order valence-electron chi connectivity index (χ2n) is 8.35. The van der Waals surface area contributed by atoms with Crippen LogP contribution in [0.1, 0.15) is 41.4 Å². The van der Waals surface area contributed by atoms with Crippen LogP contribution in [0.4, 0.5) is 36.4 Å². The van der Waals surface area contributed by atoms with E-state index in [1.807, 2.05) is 0 Å². The van der Waals surface area contributed by atoms with Gasteiger partial charge in [-0.25, -0.2) is 4.39 Å². The number of amides is 2. The van der Waals surface area contributed by atoms with Crippen LogP contribution >= 0.6 is 0 Å². The van der Waals surface area contributed by atoms with Crippen LogP contribution in [0.3, 0.4) is 0 Å². The quantitative estimate of drug-likeness (QED) is 0.545. The molecule has 3 N–H and O–H groups in total. The number of carbonyl (C=O) groups is 2. The second kappa shape index (κ2) is 9.56. The van der Waals surface area contributed by atoms with Gasteiger partial charge in [-0.1, -0.05) is 13.0 Å². The third kappa shape index (κ3) is 4.81. The highest BCUT2D eigenvalue weighted by Gasteiger charge is 2.66. The van der Waals surface area contributed by atoms with Gasteiger partial charge in [0, 0.05) is 29.3 Å². The van der Waals surface area contributed by atoms with Crippen LogP contribution in [0.25, 0.3) is 0 Å². The zero-order valence-electron chi connectivity index (χ0n) is 18.9. The molecule has 2 amide bonds. The highest BCUT2D eigenvalue weighted by atomic mass is 19.4. The number of ether oxygens (including phenoxy) is 2. The lowest BCUT2D eigenvalue weighted by molar-refractivity contribution is -0.272. The minimum absolute atomic E-state index is 0.0474. The van der Waals surface area contributed by atoms with Crippen molar-refractivity contribution in [2.75, 3.05) is 5.32 Å². The number of rotatable bonds is 6. The van der Waals surface area contributed by atoms with Gasteiger partial charge in [-0.05, 0) is 31.5 Å². The molecular formula is C22H20F7N3O4. The summed E-state index contributed by atoms with van der Waals surface area (Å²) in [5, 5.41) is 2.31. The smallest absolute Gasteiger partial charge is 0.417 e. The molecule has 1 aliphatic rings. The predicted molar refractivity (Wildman–Crippen MR) is 110 cm³/mol. The molecule has 1 aliphatic heterocycles. The molecule has 0 spiro atoms. The lowest BCUT2D eigenvalue weighted by Crippen LogP contribution is -2.47. The van der Waals surface area contributed by atoms with Gasteiger partial charge in [0.2, 0.25) is 5.82 Å².